The summed E-state index contributed by atoms with van der Waals surface area (Å²) in [6.45, 7) is 0. The van der Waals surface area contributed by atoms with Crippen LogP contribution >= 0.6 is 0 Å². The van der Waals surface area contributed by atoms with Crippen LogP contribution in [0.25, 0.3) is 76.9 Å². The van der Waals surface area contributed by atoms with Crippen LogP contribution in [0.1, 0.15) is 52.5 Å². The van der Waals surface area contributed by atoms with Crippen molar-refractivity contribution in [3.05, 3.63) is 252 Å². The van der Waals surface area contributed by atoms with Gasteiger partial charge in [0.2, 0.25) is 0 Å². The molecule has 2 unspecified atom stereocenters. The largest absolute Gasteiger partial charge is 0.456 e. The molecule has 11 aromatic rings. The molecule has 2 aromatic heterocycles. The van der Waals surface area contributed by atoms with Gasteiger partial charge in [-0.15, -0.1) is 0 Å². The monoisotopic (exact) mass is 807 g/mol. The quantitative estimate of drug-likeness (QED) is 0.142. The van der Waals surface area contributed by atoms with Crippen LogP contribution in [0, 0.1) is 0 Å². The molecule has 0 saturated carbocycles. The Morgan fingerprint density at radius 3 is 2.03 bits per heavy atom. The van der Waals surface area contributed by atoms with Crippen molar-refractivity contribution < 1.29 is 4.42 Å². The van der Waals surface area contributed by atoms with E-state index in [0.29, 0.717) is 5.92 Å². The molecule has 2 nitrogen and oxygen atoms in total. The van der Waals surface area contributed by atoms with Gasteiger partial charge < -0.3 is 8.98 Å². The number of allylic oxidation sites excluding steroid dienone is 4. The Labute approximate surface area is 367 Å². The van der Waals surface area contributed by atoms with Gasteiger partial charge in [0.1, 0.15) is 11.2 Å². The van der Waals surface area contributed by atoms with Gasteiger partial charge in [-0.1, -0.05) is 170 Å². The van der Waals surface area contributed by atoms with Gasteiger partial charge in [0.15, 0.2) is 0 Å². The molecular weight excluding hydrogens is 763 g/mol. The van der Waals surface area contributed by atoms with Crippen molar-refractivity contribution in [2.75, 3.05) is 0 Å². The molecule has 1 aliphatic rings. The van der Waals surface area contributed by atoms with E-state index in [4.69, 9.17) is 4.42 Å². The SMILES string of the molecule is C1=CC(c2ccc(CCC(c3ccc(-c4ccc5ccccc5c4)cc3)c3ccc4oc5ccccc5c4c3)cc2)CC=C1c1ccc2c(c1)c1ccccc1n2-c1ccccc1. The lowest BCUT2D eigenvalue weighted by molar-refractivity contribution is 0.667. The van der Waals surface area contributed by atoms with Crippen LogP contribution in [0.4, 0.5) is 0 Å². The summed E-state index contributed by atoms with van der Waals surface area (Å²) >= 11 is 0. The van der Waals surface area contributed by atoms with E-state index in [2.05, 4.69) is 223 Å². The molecule has 2 heteroatoms. The van der Waals surface area contributed by atoms with Crippen molar-refractivity contribution in [3.8, 4) is 16.8 Å². The molecule has 0 spiro atoms. The van der Waals surface area contributed by atoms with E-state index in [1.807, 2.05) is 6.07 Å². The fourth-order valence-electron chi connectivity index (χ4n) is 10.1. The highest BCUT2D eigenvalue weighted by atomic mass is 16.3. The molecule has 0 aliphatic heterocycles. The Morgan fingerprint density at radius 2 is 1.19 bits per heavy atom. The molecule has 0 radical (unpaired) electrons. The second-order valence-electron chi connectivity index (χ2n) is 17.2. The van der Waals surface area contributed by atoms with E-state index in [1.165, 1.54) is 93.6 Å². The summed E-state index contributed by atoms with van der Waals surface area (Å²) in [6, 6.07) is 75.6. The Kier molecular flexibility index (Phi) is 9.22. The van der Waals surface area contributed by atoms with Gasteiger partial charge >= 0.3 is 0 Å². The summed E-state index contributed by atoms with van der Waals surface area (Å²) in [6.07, 6.45) is 10.1. The van der Waals surface area contributed by atoms with Gasteiger partial charge in [-0.25, -0.2) is 0 Å². The maximum Gasteiger partial charge on any atom is 0.135 e. The topological polar surface area (TPSA) is 18.1 Å². The molecule has 0 bridgehead atoms. The Morgan fingerprint density at radius 1 is 0.492 bits per heavy atom. The number of hydrogen-bond acceptors (Lipinski definition) is 1. The molecule has 63 heavy (non-hydrogen) atoms. The van der Waals surface area contributed by atoms with E-state index < -0.39 is 0 Å². The third-order valence-electron chi connectivity index (χ3n) is 13.4. The molecule has 0 N–H and O–H groups in total. The predicted octanol–water partition coefficient (Wildman–Crippen LogP) is 16.4. The van der Waals surface area contributed by atoms with Crippen LogP contribution in [-0.2, 0) is 6.42 Å². The average Bonchev–Trinajstić information content (AvgIpc) is 3.90. The minimum atomic E-state index is 0.229. The smallest absolute Gasteiger partial charge is 0.135 e. The van der Waals surface area contributed by atoms with E-state index in [0.717, 1.165) is 30.4 Å². The summed E-state index contributed by atoms with van der Waals surface area (Å²) in [5.74, 6) is 0.587. The third kappa shape index (κ3) is 6.85. The van der Waals surface area contributed by atoms with Crippen LogP contribution in [-0.4, -0.2) is 4.57 Å². The zero-order chi connectivity index (χ0) is 41.7. The van der Waals surface area contributed by atoms with Crippen LogP contribution < -0.4 is 0 Å². The Hall–Kier alpha value is -7.68. The van der Waals surface area contributed by atoms with Crippen molar-refractivity contribution in [2.45, 2.75) is 31.1 Å². The normalized spacial score (nSPS) is 14.5. The summed E-state index contributed by atoms with van der Waals surface area (Å²) in [7, 11) is 0. The van der Waals surface area contributed by atoms with Gasteiger partial charge in [0.25, 0.3) is 0 Å². The molecule has 0 amide bonds. The van der Waals surface area contributed by atoms with E-state index >= 15 is 0 Å². The number of furan rings is 1. The second-order valence-corrected chi connectivity index (χ2v) is 17.2. The first-order valence-electron chi connectivity index (χ1n) is 22.3. The van der Waals surface area contributed by atoms with Crippen molar-refractivity contribution in [1.82, 2.24) is 4.57 Å². The molecule has 1 aliphatic carbocycles. The van der Waals surface area contributed by atoms with Crippen molar-refractivity contribution in [2.24, 2.45) is 0 Å². The average molecular weight is 808 g/mol. The summed E-state index contributed by atoms with van der Waals surface area (Å²) in [4.78, 5) is 0. The molecule has 9 aromatic carbocycles. The fourth-order valence-corrected chi connectivity index (χ4v) is 10.1. The first-order chi connectivity index (χ1) is 31.2. The lowest BCUT2D eigenvalue weighted by atomic mass is 9.84. The lowest BCUT2D eigenvalue weighted by Crippen LogP contribution is -2.04. The van der Waals surface area contributed by atoms with Crippen LogP contribution in [0.2, 0.25) is 0 Å². The van der Waals surface area contributed by atoms with Gasteiger partial charge in [-0.05, 0) is 129 Å². The van der Waals surface area contributed by atoms with Gasteiger partial charge in [-0.2, -0.15) is 0 Å². The summed E-state index contributed by atoms with van der Waals surface area (Å²) in [5, 5.41) is 7.45. The van der Waals surface area contributed by atoms with Crippen molar-refractivity contribution >= 4 is 60.1 Å². The molecule has 300 valence electrons. The maximum absolute atomic E-state index is 6.24. The molecule has 2 atom stereocenters. The number of fused-ring (bicyclic) bond motifs is 7. The standard InChI is InChI=1S/C61H45NO/c1-2-12-52(13-3-1)62-58-16-8-6-14-54(58)56-39-50(33-36-59(56)62)46-25-23-44(24-26-46)43-21-18-41(19-22-43)20-35-53(51-34-37-61-57(40-51)55-15-7-9-17-60(55)63-61)47-30-27-45(28-31-47)49-32-29-42-10-4-5-11-48(42)38-49/h1-19,21-23,25-34,36-40,44,53H,20,24,35H2. The van der Waals surface area contributed by atoms with Crippen LogP contribution in [0.5, 0.6) is 0 Å². The number of benzene rings is 9. The van der Waals surface area contributed by atoms with E-state index in [-0.39, 0.29) is 5.92 Å². The first-order valence-corrected chi connectivity index (χ1v) is 22.3. The third-order valence-corrected chi connectivity index (χ3v) is 13.4. The van der Waals surface area contributed by atoms with E-state index in [9.17, 15) is 0 Å². The number of rotatable bonds is 9. The van der Waals surface area contributed by atoms with Gasteiger partial charge in [-0.3, -0.25) is 0 Å². The highest BCUT2D eigenvalue weighted by Crippen LogP contribution is 2.39. The number of aryl methyl sites for hydroxylation is 1. The highest BCUT2D eigenvalue weighted by molar-refractivity contribution is 6.10. The predicted molar refractivity (Wildman–Crippen MR) is 265 cm³/mol. The van der Waals surface area contributed by atoms with Crippen LogP contribution in [0.15, 0.2) is 229 Å². The minimum absolute atomic E-state index is 0.229. The zero-order valence-electron chi connectivity index (χ0n) is 35.0. The number of hydrogen-bond donors (Lipinski definition) is 0. The second kappa shape index (κ2) is 15.7. The number of nitrogens with zero attached hydrogens (tertiary/aromatic N) is 1. The number of para-hydroxylation sites is 3. The van der Waals surface area contributed by atoms with E-state index in [1.54, 1.807) is 0 Å². The van der Waals surface area contributed by atoms with Crippen molar-refractivity contribution in [1.29, 1.82) is 0 Å². The van der Waals surface area contributed by atoms with Gasteiger partial charge in [0, 0.05) is 39.1 Å². The molecule has 12 rings (SSSR count). The summed E-state index contributed by atoms with van der Waals surface area (Å²) in [5.41, 5.74) is 16.0. The lowest BCUT2D eigenvalue weighted by Gasteiger charge is -2.20. The molecular formula is C61H45NO. The Balaban J connectivity index is 0.787. The maximum atomic E-state index is 6.24. The summed E-state index contributed by atoms with van der Waals surface area (Å²) < 4.78 is 8.62. The van der Waals surface area contributed by atoms with Crippen LogP contribution in [0.3, 0.4) is 0 Å². The molecule has 2 heterocycles. The molecule has 0 saturated heterocycles. The fraction of sp³-hybridized carbons (Fsp3) is 0.0820. The minimum Gasteiger partial charge on any atom is -0.456 e. The number of aromatic nitrogens is 1. The molecule has 0 fully saturated rings. The van der Waals surface area contributed by atoms with Crippen molar-refractivity contribution in [3.63, 3.8) is 0 Å². The first kappa shape index (κ1) is 37.1. The Bertz CT molecular complexity index is 3530. The van der Waals surface area contributed by atoms with Gasteiger partial charge in [0.05, 0.1) is 11.0 Å². The highest BCUT2D eigenvalue weighted by Gasteiger charge is 2.19. The zero-order valence-corrected chi connectivity index (χ0v) is 35.0.